The number of anilines is 1. The third kappa shape index (κ3) is 4.15. The van der Waals surface area contributed by atoms with Gasteiger partial charge >= 0.3 is 5.97 Å². The van der Waals surface area contributed by atoms with Crippen LogP contribution in [0.1, 0.15) is 32.4 Å². The van der Waals surface area contributed by atoms with Crippen molar-refractivity contribution in [3.05, 3.63) is 83.7 Å². The van der Waals surface area contributed by atoms with E-state index >= 15 is 0 Å². The number of Topliss-reactive ketones (excluding diaryl/α,β-unsaturated/α-hetero) is 2. The maximum absolute atomic E-state index is 13.4. The molecule has 0 bridgehead atoms. The van der Waals surface area contributed by atoms with Gasteiger partial charge in [0.2, 0.25) is 5.78 Å². The van der Waals surface area contributed by atoms with Gasteiger partial charge in [-0.05, 0) is 36.4 Å². The van der Waals surface area contributed by atoms with Crippen molar-refractivity contribution >= 4 is 50.1 Å². The van der Waals surface area contributed by atoms with Crippen molar-refractivity contribution in [2.45, 2.75) is 6.10 Å². The van der Waals surface area contributed by atoms with Crippen molar-refractivity contribution in [3.8, 4) is 5.75 Å². The molecule has 0 fully saturated rings. The van der Waals surface area contributed by atoms with E-state index in [0.717, 1.165) is 16.0 Å². The molecule has 2 atom stereocenters. The second kappa shape index (κ2) is 9.07. The lowest BCUT2D eigenvalue weighted by Crippen LogP contribution is -2.38. The van der Waals surface area contributed by atoms with Crippen molar-refractivity contribution in [1.82, 2.24) is 9.97 Å². The van der Waals surface area contributed by atoms with E-state index in [2.05, 4.69) is 15.3 Å². The minimum absolute atomic E-state index is 0.165. The molecule has 2 aromatic carbocycles. The largest absolute Gasteiger partial charge is 0.497 e. The first-order chi connectivity index (χ1) is 17.0. The van der Waals surface area contributed by atoms with Gasteiger partial charge in [0.05, 0.1) is 22.9 Å². The first kappa shape index (κ1) is 22.4. The second-order valence-electron chi connectivity index (χ2n) is 7.66. The number of carbonyl (C=O) groups excluding carboxylic acids is 4. The normalized spacial score (nSPS) is 15.2. The Balaban J connectivity index is 1.48. The van der Waals surface area contributed by atoms with Gasteiger partial charge < -0.3 is 9.47 Å². The number of fused-ring (bicyclic) bond motifs is 2. The number of ether oxygens (including phenoxy) is 2. The van der Waals surface area contributed by atoms with Gasteiger partial charge in [0.15, 0.2) is 10.9 Å². The molecule has 0 radical (unpaired) electrons. The molecule has 10 heteroatoms. The Bertz CT molecular complexity index is 1480. The summed E-state index contributed by atoms with van der Waals surface area (Å²) in [4.78, 5) is 60.4. The van der Waals surface area contributed by atoms with Crippen LogP contribution in [0.4, 0.5) is 5.13 Å². The number of methoxy groups -OCH3 is 1. The molecule has 0 spiro atoms. The van der Waals surface area contributed by atoms with E-state index in [9.17, 15) is 19.2 Å². The summed E-state index contributed by atoms with van der Waals surface area (Å²) < 4.78 is 11.4. The summed E-state index contributed by atoms with van der Waals surface area (Å²) in [7, 11) is 1.54. The van der Waals surface area contributed by atoms with Crippen molar-refractivity contribution in [2.75, 3.05) is 12.4 Å². The predicted octanol–water partition coefficient (Wildman–Crippen LogP) is 3.62. The van der Waals surface area contributed by atoms with Gasteiger partial charge in [-0.15, -0.1) is 0 Å². The number of benzene rings is 2. The highest BCUT2D eigenvalue weighted by atomic mass is 32.1. The Morgan fingerprint density at radius 2 is 1.86 bits per heavy atom. The van der Waals surface area contributed by atoms with Gasteiger partial charge in [-0.2, -0.15) is 0 Å². The van der Waals surface area contributed by atoms with E-state index in [1.54, 1.807) is 42.5 Å². The predicted molar refractivity (Wildman–Crippen MR) is 126 cm³/mol. The van der Waals surface area contributed by atoms with Crippen molar-refractivity contribution < 1.29 is 28.7 Å². The third-order valence-electron chi connectivity index (χ3n) is 5.59. The van der Waals surface area contributed by atoms with Crippen LogP contribution in [0.5, 0.6) is 5.75 Å². The summed E-state index contributed by atoms with van der Waals surface area (Å²) in [6.45, 7) is 0. The van der Waals surface area contributed by atoms with E-state index in [1.807, 2.05) is 0 Å². The number of pyridine rings is 1. The molecule has 5 rings (SSSR count). The average Bonchev–Trinajstić information content (AvgIpc) is 3.44. The number of nitrogens with one attached hydrogen (secondary N) is 1. The molecule has 0 aliphatic carbocycles. The zero-order valence-electron chi connectivity index (χ0n) is 18.3. The molecular weight excluding hydrogens is 470 g/mol. The lowest BCUT2D eigenvalue weighted by atomic mass is 9.85. The fourth-order valence-corrected chi connectivity index (χ4v) is 4.79. The first-order valence-corrected chi connectivity index (χ1v) is 11.3. The number of carbonyl (C=O) groups is 4. The van der Waals surface area contributed by atoms with Gasteiger partial charge in [-0.1, -0.05) is 29.5 Å². The number of aromatic nitrogens is 2. The molecule has 1 N–H and O–H groups in total. The Labute approximate surface area is 202 Å². The van der Waals surface area contributed by atoms with Crippen LogP contribution >= 0.6 is 11.3 Å². The zero-order chi connectivity index (χ0) is 24.5. The standard InChI is InChI=1S/C25H17N3O6S/c1-33-14-6-7-17-18(12-14)35-25(27-17)28-23(31)21(30)19(20(29)13-8-10-26-11-9-13)22-15-4-2-3-5-16(15)24(32)34-22/h2-12,19,22H,1H3,(H,27,28,31)/t19-,22-/m1/s1. The minimum Gasteiger partial charge on any atom is -0.497 e. The quantitative estimate of drug-likeness (QED) is 0.181. The number of amides is 1. The molecule has 3 heterocycles. The summed E-state index contributed by atoms with van der Waals surface area (Å²) in [5.41, 5.74) is 1.40. The highest BCUT2D eigenvalue weighted by molar-refractivity contribution is 7.22. The van der Waals surface area contributed by atoms with Gasteiger partial charge in [-0.3, -0.25) is 24.7 Å². The van der Waals surface area contributed by atoms with Gasteiger partial charge in [0.25, 0.3) is 5.91 Å². The Morgan fingerprint density at radius 1 is 1.09 bits per heavy atom. The molecule has 1 amide bonds. The highest BCUT2D eigenvalue weighted by Crippen LogP contribution is 2.38. The summed E-state index contributed by atoms with van der Waals surface area (Å²) >= 11 is 1.16. The number of esters is 1. The molecule has 0 saturated heterocycles. The van der Waals surface area contributed by atoms with Crippen LogP contribution in [0.3, 0.4) is 0 Å². The molecular formula is C25H17N3O6S. The number of cyclic esters (lactones) is 1. The summed E-state index contributed by atoms with van der Waals surface area (Å²) in [6, 6.07) is 14.6. The van der Waals surface area contributed by atoms with Crippen LogP contribution in [0.15, 0.2) is 67.0 Å². The zero-order valence-corrected chi connectivity index (χ0v) is 19.1. The van der Waals surface area contributed by atoms with Crippen molar-refractivity contribution in [3.63, 3.8) is 0 Å². The fraction of sp³-hybridized carbons (Fsp3) is 0.120. The van der Waals surface area contributed by atoms with E-state index in [-0.39, 0.29) is 16.3 Å². The van der Waals surface area contributed by atoms with Crippen molar-refractivity contribution in [1.29, 1.82) is 0 Å². The number of hydrogen-bond donors (Lipinski definition) is 1. The fourth-order valence-electron chi connectivity index (χ4n) is 3.90. The minimum atomic E-state index is -1.58. The summed E-state index contributed by atoms with van der Waals surface area (Å²) in [5, 5.41) is 2.67. The van der Waals surface area contributed by atoms with Gasteiger partial charge in [0.1, 0.15) is 17.8 Å². The van der Waals surface area contributed by atoms with E-state index in [4.69, 9.17) is 9.47 Å². The smallest absolute Gasteiger partial charge is 0.339 e. The molecule has 4 aromatic rings. The Morgan fingerprint density at radius 3 is 2.63 bits per heavy atom. The van der Waals surface area contributed by atoms with Crippen LogP contribution in [0.25, 0.3) is 10.2 Å². The maximum Gasteiger partial charge on any atom is 0.339 e. The summed E-state index contributed by atoms with van der Waals surface area (Å²) in [5.74, 6) is -4.36. The van der Waals surface area contributed by atoms with Gasteiger partial charge in [0, 0.05) is 23.5 Å². The molecule has 174 valence electrons. The van der Waals surface area contributed by atoms with E-state index < -0.39 is 35.5 Å². The number of thiazole rings is 1. The van der Waals surface area contributed by atoms with E-state index in [0.29, 0.717) is 16.8 Å². The maximum atomic E-state index is 13.4. The molecule has 0 saturated carbocycles. The summed E-state index contributed by atoms with van der Waals surface area (Å²) in [6.07, 6.45) is 1.56. The highest BCUT2D eigenvalue weighted by Gasteiger charge is 2.46. The molecule has 2 aromatic heterocycles. The average molecular weight is 487 g/mol. The Kier molecular flexibility index (Phi) is 5.79. The third-order valence-corrected chi connectivity index (χ3v) is 6.53. The van der Waals surface area contributed by atoms with Crippen LogP contribution < -0.4 is 10.1 Å². The Hall–Kier alpha value is -4.44. The number of rotatable bonds is 7. The number of nitrogens with zero attached hydrogens (tertiary/aromatic N) is 2. The lowest BCUT2D eigenvalue weighted by Gasteiger charge is -2.20. The SMILES string of the molecule is COc1ccc2nc(NC(=O)C(=O)[C@@H](C(=O)c3ccncc3)[C@@H]3OC(=O)c4ccccc43)sc2c1. The van der Waals surface area contributed by atoms with Crippen LogP contribution in [0.2, 0.25) is 0 Å². The number of hydrogen-bond acceptors (Lipinski definition) is 9. The first-order valence-electron chi connectivity index (χ1n) is 10.5. The monoisotopic (exact) mass is 487 g/mol. The molecule has 35 heavy (non-hydrogen) atoms. The van der Waals surface area contributed by atoms with Gasteiger partial charge in [-0.25, -0.2) is 9.78 Å². The van der Waals surface area contributed by atoms with Crippen molar-refractivity contribution in [2.24, 2.45) is 5.92 Å². The van der Waals surface area contributed by atoms with Crippen LogP contribution in [-0.4, -0.2) is 40.5 Å². The lowest BCUT2D eigenvalue weighted by molar-refractivity contribution is -0.138. The topological polar surface area (TPSA) is 125 Å². The molecule has 1 aliphatic heterocycles. The molecule has 1 aliphatic rings. The number of ketones is 2. The second-order valence-corrected chi connectivity index (χ2v) is 8.69. The molecule has 9 nitrogen and oxygen atoms in total. The van der Waals surface area contributed by atoms with E-state index in [1.165, 1.54) is 31.6 Å². The van der Waals surface area contributed by atoms with Crippen LogP contribution in [0, 0.1) is 5.92 Å². The molecule has 0 unspecified atom stereocenters. The van der Waals surface area contributed by atoms with Crippen LogP contribution in [-0.2, 0) is 14.3 Å².